The number of sulfonamides is 1. The second-order valence-corrected chi connectivity index (χ2v) is 9.01. The van der Waals surface area contributed by atoms with E-state index in [1.807, 2.05) is 24.3 Å². The van der Waals surface area contributed by atoms with E-state index in [1.165, 1.54) is 12.1 Å². The van der Waals surface area contributed by atoms with Gasteiger partial charge in [0.05, 0.1) is 18.2 Å². The van der Waals surface area contributed by atoms with Crippen molar-refractivity contribution in [3.05, 3.63) is 58.1 Å². The molecule has 146 valence electrons. The SMILES string of the molecule is COc1ccccc1C(CNS(=O)(=O)c1cc(Cl)ccc1Cl)N1CCCC1. The molecule has 1 fully saturated rings. The van der Waals surface area contributed by atoms with Gasteiger partial charge in [0, 0.05) is 17.1 Å². The van der Waals surface area contributed by atoms with Crippen molar-refractivity contribution in [1.29, 1.82) is 0 Å². The molecule has 0 amide bonds. The first-order chi connectivity index (χ1) is 12.9. The zero-order chi connectivity index (χ0) is 19.4. The Morgan fingerprint density at radius 1 is 1.15 bits per heavy atom. The number of likely N-dealkylation sites (tertiary alicyclic amines) is 1. The van der Waals surface area contributed by atoms with Crippen molar-refractivity contribution < 1.29 is 13.2 Å². The van der Waals surface area contributed by atoms with Gasteiger partial charge < -0.3 is 4.74 Å². The van der Waals surface area contributed by atoms with Crippen LogP contribution in [0.15, 0.2) is 47.4 Å². The third-order valence-corrected chi connectivity index (χ3v) is 6.87. The molecule has 27 heavy (non-hydrogen) atoms. The quantitative estimate of drug-likeness (QED) is 0.720. The third-order valence-electron chi connectivity index (χ3n) is 4.73. The fourth-order valence-electron chi connectivity index (χ4n) is 3.38. The van der Waals surface area contributed by atoms with Crippen LogP contribution >= 0.6 is 23.2 Å². The molecule has 0 aromatic heterocycles. The zero-order valence-electron chi connectivity index (χ0n) is 15.0. The van der Waals surface area contributed by atoms with Gasteiger partial charge in [-0.25, -0.2) is 13.1 Å². The summed E-state index contributed by atoms with van der Waals surface area (Å²) in [6, 6.07) is 12.0. The van der Waals surface area contributed by atoms with E-state index >= 15 is 0 Å². The number of rotatable bonds is 7. The summed E-state index contributed by atoms with van der Waals surface area (Å²) in [5.41, 5.74) is 0.960. The van der Waals surface area contributed by atoms with E-state index in [0.717, 1.165) is 37.2 Å². The average Bonchev–Trinajstić information content (AvgIpc) is 3.18. The Kier molecular flexibility index (Phi) is 6.65. The molecular weight excluding hydrogens is 407 g/mol. The molecule has 1 atom stereocenters. The van der Waals surface area contributed by atoms with E-state index in [1.54, 1.807) is 13.2 Å². The van der Waals surface area contributed by atoms with Crippen molar-refractivity contribution in [1.82, 2.24) is 9.62 Å². The van der Waals surface area contributed by atoms with Gasteiger partial charge >= 0.3 is 0 Å². The fourth-order valence-corrected chi connectivity index (χ4v) is 5.18. The minimum atomic E-state index is -3.80. The number of hydrogen-bond acceptors (Lipinski definition) is 4. The first-order valence-corrected chi connectivity index (χ1v) is 11.0. The lowest BCUT2D eigenvalue weighted by atomic mass is 10.0. The van der Waals surface area contributed by atoms with Crippen molar-refractivity contribution in [3.8, 4) is 5.75 Å². The van der Waals surface area contributed by atoms with Crippen LogP contribution in [0.25, 0.3) is 0 Å². The molecule has 0 spiro atoms. The Balaban J connectivity index is 1.87. The van der Waals surface area contributed by atoms with Crippen molar-refractivity contribution in [2.45, 2.75) is 23.8 Å². The lowest BCUT2D eigenvalue weighted by molar-refractivity contribution is 0.240. The minimum Gasteiger partial charge on any atom is -0.496 e. The van der Waals surface area contributed by atoms with E-state index in [0.29, 0.717) is 5.02 Å². The van der Waals surface area contributed by atoms with Crippen LogP contribution in [0.5, 0.6) is 5.75 Å². The molecule has 0 saturated carbocycles. The van der Waals surface area contributed by atoms with Crippen molar-refractivity contribution in [2.24, 2.45) is 0 Å². The predicted molar refractivity (Wildman–Crippen MR) is 108 cm³/mol. The molecule has 2 aromatic rings. The summed E-state index contributed by atoms with van der Waals surface area (Å²) < 4.78 is 33.8. The minimum absolute atomic E-state index is 0.0168. The summed E-state index contributed by atoms with van der Waals surface area (Å²) in [4.78, 5) is 2.26. The van der Waals surface area contributed by atoms with Gasteiger partial charge in [0.2, 0.25) is 10.0 Å². The number of ether oxygens (including phenoxy) is 1. The van der Waals surface area contributed by atoms with Crippen LogP contribution in [0.3, 0.4) is 0 Å². The first-order valence-electron chi connectivity index (χ1n) is 8.74. The number of nitrogens with zero attached hydrogens (tertiary/aromatic N) is 1. The smallest absolute Gasteiger partial charge is 0.242 e. The van der Waals surface area contributed by atoms with Gasteiger partial charge in [-0.3, -0.25) is 4.90 Å². The average molecular weight is 429 g/mol. The molecule has 8 heteroatoms. The van der Waals surface area contributed by atoms with Gasteiger partial charge in [-0.15, -0.1) is 0 Å². The summed E-state index contributed by atoms with van der Waals surface area (Å²) >= 11 is 12.0. The largest absolute Gasteiger partial charge is 0.496 e. The van der Waals surface area contributed by atoms with E-state index in [-0.39, 0.29) is 22.5 Å². The number of halogens is 2. The number of hydrogen-bond donors (Lipinski definition) is 1. The van der Waals surface area contributed by atoms with Gasteiger partial charge in [0.15, 0.2) is 0 Å². The molecule has 2 aromatic carbocycles. The molecule has 1 aliphatic rings. The van der Waals surface area contributed by atoms with Crippen LogP contribution in [0.1, 0.15) is 24.4 Å². The van der Waals surface area contributed by atoms with Crippen LogP contribution in [0, 0.1) is 0 Å². The lowest BCUT2D eigenvalue weighted by Gasteiger charge is -2.29. The summed E-state index contributed by atoms with van der Waals surface area (Å²) in [5.74, 6) is 0.745. The third kappa shape index (κ3) is 4.76. The zero-order valence-corrected chi connectivity index (χ0v) is 17.3. The predicted octanol–water partition coefficient (Wildman–Crippen LogP) is 4.12. The highest BCUT2D eigenvalue weighted by Crippen LogP contribution is 2.32. The second-order valence-electron chi connectivity index (χ2n) is 6.43. The molecule has 0 radical (unpaired) electrons. The van der Waals surface area contributed by atoms with Gasteiger partial charge in [-0.1, -0.05) is 41.4 Å². The highest BCUT2D eigenvalue weighted by Gasteiger charge is 2.28. The number of benzene rings is 2. The Morgan fingerprint density at radius 3 is 2.56 bits per heavy atom. The van der Waals surface area contributed by atoms with Crippen molar-refractivity contribution >= 4 is 33.2 Å². The molecule has 1 aliphatic heterocycles. The molecule has 1 unspecified atom stereocenters. The fraction of sp³-hybridized carbons (Fsp3) is 0.368. The Hall–Kier alpha value is -1.31. The summed E-state index contributed by atoms with van der Waals surface area (Å²) in [6.45, 7) is 2.05. The highest BCUT2D eigenvalue weighted by molar-refractivity contribution is 7.89. The standard InChI is InChI=1S/C19H22Cl2N2O3S/c1-26-18-7-3-2-6-15(18)17(23-10-4-5-11-23)13-22-27(24,25)19-12-14(20)8-9-16(19)21/h2-3,6-9,12,17,22H,4-5,10-11,13H2,1H3. The molecule has 0 aliphatic carbocycles. The Morgan fingerprint density at radius 2 is 1.85 bits per heavy atom. The van der Waals surface area contributed by atoms with Crippen molar-refractivity contribution in [3.63, 3.8) is 0 Å². The normalized spacial score (nSPS) is 16.4. The maximum Gasteiger partial charge on any atom is 0.242 e. The molecule has 0 bridgehead atoms. The molecule has 1 heterocycles. The van der Waals surface area contributed by atoms with Crippen LogP contribution in [0.4, 0.5) is 0 Å². The highest BCUT2D eigenvalue weighted by atomic mass is 35.5. The number of methoxy groups -OCH3 is 1. The molecular formula is C19H22Cl2N2O3S. The molecule has 1 N–H and O–H groups in total. The van der Waals surface area contributed by atoms with Gasteiger partial charge in [-0.05, 0) is 50.2 Å². The lowest BCUT2D eigenvalue weighted by Crippen LogP contribution is -2.37. The van der Waals surface area contributed by atoms with E-state index in [9.17, 15) is 8.42 Å². The van der Waals surface area contributed by atoms with Gasteiger partial charge in [-0.2, -0.15) is 0 Å². The Labute approximate surface area is 170 Å². The van der Waals surface area contributed by atoms with Crippen LogP contribution in [-0.4, -0.2) is 40.1 Å². The van der Waals surface area contributed by atoms with Gasteiger partial charge in [0.25, 0.3) is 0 Å². The Bertz CT molecular complexity index is 900. The topological polar surface area (TPSA) is 58.6 Å². The second kappa shape index (κ2) is 8.80. The van der Waals surface area contributed by atoms with Gasteiger partial charge in [0.1, 0.15) is 10.6 Å². The molecule has 1 saturated heterocycles. The summed E-state index contributed by atoms with van der Waals surface area (Å²) in [5, 5.41) is 0.461. The molecule has 5 nitrogen and oxygen atoms in total. The van der Waals surface area contributed by atoms with E-state index in [2.05, 4.69) is 9.62 Å². The van der Waals surface area contributed by atoms with Crippen LogP contribution < -0.4 is 9.46 Å². The van der Waals surface area contributed by atoms with Crippen molar-refractivity contribution in [2.75, 3.05) is 26.7 Å². The van der Waals surface area contributed by atoms with Crippen LogP contribution in [0.2, 0.25) is 10.0 Å². The number of nitrogens with one attached hydrogen (secondary N) is 1. The monoisotopic (exact) mass is 428 g/mol. The maximum absolute atomic E-state index is 12.8. The first kappa shape index (κ1) is 20.4. The van der Waals surface area contributed by atoms with E-state index in [4.69, 9.17) is 27.9 Å². The molecule has 3 rings (SSSR count). The summed E-state index contributed by atoms with van der Waals surface area (Å²) in [6.07, 6.45) is 2.19. The van der Waals surface area contributed by atoms with Crippen LogP contribution in [-0.2, 0) is 10.0 Å². The summed E-state index contributed by atoms with van der Waals surface area (Å²) in [7, 11) is -2.18. The number of para-hydroxylation sites is 1. The van der Waals surface area contributed by atoms with E-state index < -0.39 is 10.0 Å². The maximum atomic E-state index is 12.8.